The summed E-state index contributed by atoms with van der Waals surface area (Å²) in [5.74, 6) is 1.98. The molecule has 3 atom stereocenters. The van der Waals surface area contributed by atoms with E-state index >= 15 is 0 Å². The van der Waals surface area contributed by atoms with Crippen molar-refractivity contribution in [1.29, 1.82) is 0 Å². The predicted molar refractivity (Wildman–Crippen MR) is 107 cm³/mol. The lowest BCUT2D eigenvalue weighted by Crippen LogP contribution is -2.60. The van der Waals surface area contributed by atoms with Gasteiger partial charge in [-0.05, 0) is 56.5 Å². The number of hydrogen-bond acceptors (Lipinski definition) is 4. The third kappa shape index (κ3) is 2.73. The van der Waals surface area contributed by atoms with Crippen molar-refractivity contribution in [3.05, 3.63) is 47.8 Å². The quantitative estimate of drug-likeness (QED) is 0.818. The minimum absolute atomic E-state index is 0.138. The Morgan fingerprint density at radius 3 is 2.57 bits per heavy atom. The molecule has 0 saturated carbocycles. The van der Waals surface area contributed by atoms with Crippen molar-refractivity contribution in [1.82, 2.24) is 19.6 Å². The third-order valence-electron chi connectivity index (χ3n) is 7.00. The standard InChI is InChI=1S/C22H28N4O2/c1-3-25-13-17(12-23-25)22(27)26-14-19(15-4-6-18(28-2)7-5-15)21-20(26)16-8-10-24(21)11-9-16/h4-7,12-13,16,19-21H,3,8-11,14H2,1-2H3/t19-,20+,21+/m0/s1. The van der Waals surface area contributed by atoms with Gasteiger partial charge in [-0.1, -0.05) is 12.1 Å². The Morgan fingerprint density at radius 2 is 1.93 bits per heavy atom. The van der Waals surface area contributed by atoms with Crippen LogP contribution in [0.2, 0.25) is 0 Å². The molecule has 6 nitrogen and oxygen atoms in total. The van der Waals surface area contributed by atoms with Crippen LogP contribution >= 0.6 is 0 Å². The molecule has 4 fully saturated rings. The second-order valence-electron chi connectivity index (χ2n) is 8.28. The first-order valence-electron chi connectivity index (χ1n) is 10.4. The molecule has 2 bridgehead atoms. The number of nitrogens with zero attached hydrogens (tertiary/aromatic N) is 4. The van der Waals surface area contributed by atoms with Gasteiger partial charge in [0.2, 0.25) is 0 Å². The number of ether oxygens (including phenoxy) is 1. The number of benzene rings is 1. The molecule has 0 aliphatic carbocycles. The van der Waals surface area contributed by atoms with Crippen LogP contribution in [0.3, 0.4) is 0 Å². The molecule has 0 N–H and O–H groups in total. The average molecular weight is 380 g/mol. The van der Waals surface area contributed by atoms with Crippen molar-refractivity contribution in [3.63, 3.8) is 0 Å². The van der Waals surface area contributed by atoms with Crippen molar-refractivity contribution in [2.24, 2.45) is 5.92 Å². The van der Waals surface area contributed by atoms with Crippen LogP contribution in [0, 0.1) is 5.92 Å². The molecular weight excluding hydrogens is 352 g/mol. The molecule has 1 aromatic carbocycles. The van der Waals surface area contributed by atoms with Crippen LogP contribution in [0.25, 0.3) is 0 Å². The third-order valence-corrected chi connectivity index (χ3v) is 7.00. The molecule has 0 unspecified atom stereocenters. The van der Waals surface area contributed by atoms with Gasteiger partial charge < -0.3 is 9.64 Å². The van der Waals surface area contributed by atoms with E-state index in [4.69, 9.17) is 4.74 Å². The van der Waals surface area contributed by atoms with E-state index in [0.29, 0.717) is 29.5 Å². The zero-order chi connectivity index (χ0) is 19.3. The highest BCUT2D eigenvalue weighted by atomic mass is 16.5. The Kier molecular flexibility index (Phi) is 4.38. The van der Waals surface area contributed by atoms with Crippen LogP contribution in [-0.2, 0) is 6.54 Å². The lowest BCUT2D eigenvalue weighted by molar-refractivity contribution is -0.00341. The number of hydrogen-bond donors (Lipinski definition) is 0. The number of aromatic nitrogens is 2. The van der Waals surface area contributed by atoms with E-state index in [1.807, 2.05) is 29.9 Å². The van der Waals surface area contributed by atoms with E-state index in [2.05, 4.69) is 27.0 Å². The molecule has 0 radical (unpaired) electrons. The minimum atomic E-state index is 0.138. The first kappa shape index (κ1) is 17.7. The molecule has 0 spiro atoms. The van der Waals surface area contributed by atoms with Gasteiger partial charge in [0.1, 0.15) is 5.75 Å². The number of aryl methyl sites for hydroxylation is 1. The van der Waals surface area contributed by atoms with Crippen LogP contribution in [0.4, 0.5) is 0 Å². The summed E-state index contributed by atoms with van der Waals surface area (Å²) in [5.41, 5.74) is 2.02. The maximum atomic E-state index is 13.4. The average Bonchev–Trinajstić information content (AvgIpc) is 3.40. The predicted octanol–water partition coefficient (Wildman–Crippen LogP) is 2.61. The molecule has 148 valence electrons. The molecule has 2 aromatic rings. The summed E-state index contributed by atoms with van der Waals surface area (Å²) in [7, 11) is 1.70. The molecule has 4 saturated heterocycles. The number of carbonyl (C=O) groups is 1. The monoisotopic (exact) mass is 380 g/mol. The summed E-state index contributed by atoms with van der Waals surface area (Å²) in [5, 5.41) is 4.32. The zero-order valence-corrected chi connectivity index (χ0v) is 16.6. The number of methoxy groups -OCH3 is 1. The zero-order valence-electron chi connectivity index (χ0n) is 16.6. The van der Waals surface area contributed by atoms with Crippen molar-refractivity contribution in [3.8, 4) is 5.75 Å². The Balaban J connectivity index is 1.48. The van der Waals surface area contributed by atoms with E-state index in [1.54, 1.807) is 13.3 Å². The Labute approximate surface area is 166 Å². The Morgan fingerprint density at radius 1 is 1.18 bits per heavy atom. The van der Waals surface area contributed by atoms with Crippen LogP contribution in [0.15, 0.2) is 36.7 Å². The highest BCUT2D eigenvalue weighted by Gasteiger charge is 2.54. The van der Waals surface area contributed by atoms with Gasteiger partial charge in [0.25, 0.3) is 5.91 Å². The molecule has 4 aliphatic heterocycles. The van der Waals surface area contributed by atoms with E-state index in [1.165, 1.54) is 18.4 Å². The summed E-state index contributed by atoms with van der Waals surface area (Å²) in [6.45, 7) is 5.93. The fourth-order valence-electron chi connectivity index (χ4n) is 5.61. The maximum absolute atomic E-state index is 13.4. The van der Waals surface area contributed by atoms with Crippen molar-refractivity contribution >= 4 is 5.91 Å². The largest absolute Gasteiger partial charge is 0.497 e. The van der Waals surface area contributed by atoms with E-state index in [-0.39, 0.29) is 5.91 Å². The highest BCUT2D eigenvalue weighted by molar-refractivity contribution is 5.94. The van der Waals surface area contributed by atoms with Crippen LogP contribution in [0.5, 0.6) is 5.75 Å². The summed E-state index contributed by atoms with van der Waals surface area (Å²) < 4.78 is 7.17. The summed E-state index contributed by atoms with van der Waals surface area (Å²) in [6, 6.07) is 9.16. The molecule has 6 heteroatoms. The van der Waals surface area contributed by atoms with E-state index in [9.17, 15) is 4.79 Å². The second kappa shape index (κ2) is 6.92. The molecule has 1 aromatic heterocycles. The highest BCUT2D eigenvalue weighted by Crippen LogP contribution is 2.47. The van der Waals surface area contributed by atoms with Crippen LogP contribution in [-0.4, -0.2) is 64.3 Å². The summed E-state index contributed by atoms with van der Waals surface area (Å²) in [6.07, 6.45) is 6.02. The van der Waals surface area contributed by atoms with E-state index in [0.717, 1.165) is 31.9 Å². The van der Waals surface area contributed by atoms with Gasteiger partial charge in [0.05, 0.1) is 24.9 Å². The fraction of sp³-hybridized carbons (Fsp3) is 0.545. The normalized spacial score (nSPS) is 31.1. The molecule has 6 rings (SSSR count). The van der Waals surface area contributed by atoms with Crippen molar-refractivity contribution in [2.45, 2.75) is 44.3 Å². The molecule has 4 aliphatic rings. The number of likely N-dealkylation sites (tertiary alicyclic amines) is 1. The number of rotatable bonds is 4. The Bertz CT molecular complexity index is 854. The SMILES string of the molecule is CCn1cc(C(=O)N2C[C@@H](c3ccc(OC)cc3)[C@@H]3[C@H]2C2CCN3CC2)cn1. The number of carbonyl (C=O) groups excluding carboxylic acids is 1. The minimum Gasteiger partial charge on any atom is -0.497 e. The number of amides is 1. The summed E-state index contributed by atoms with van der Waals surface area (Å²) in [4.78, 5) is 18.2. The van der Waals surface area contributed by atoms with Gasteiger partial charge in [0, 0.05) is 31.2 Å². The van der Waals surface area contributed by atoms with Crippen LogP contribution in [0.1, 0.15) is 41.6 Å². The molecule has 5 heterocycles. The number of piperidine rings is 3. The van der Waals surface area contributed by atoms with Crippen molar-refractivity contribution < 1.29 is 9.53 Å². The van der Waals surface area contributed by atoms with Crippen LogP contribution < -0.4 is 4.74 Å². The van der Waals surface area contributed by atoms with Gasteiger partial charge in [0.15, 0.2) is 0 Å². The van der Waals surface area contributed by atoms with Gasteiger partial charge in [-0.3, -0.25) is 14.4 Å². The molecular formula is C22H28N4O2. The van der Waals surface area contributed by atoms with Gasteiger partial charge in [-0.25, -0.2) is 0 Å². The maximum Gasteiger partial charge on any atom is 0.257 e. The first-order chi connectivity index (χ1) is 13.7. The topological polar surface area (TPSA) is 50.6 Å². The molecule has 28 heavy (non-hydrogen) atoms. The second-order valence-corrected chi connectivity index (χ2v) is 8.28. The summed E-state index contributed by atoms with van der Waals surface area (Å²) >= 11 is 0. The first-order valence-corrected chi connectivity index (χ1v) is 10.4. The Hall–Kier alpha value is -2.34. The van der Waals surface area contributed by atoms with Gasteiger partial charge in [-0.2, -0.15) is 5.10 Å². The van der Waals surface area contributed by atoms with Gasteiger partial charge >= 0.3 is 0 Å². The van der Waals surface area contributed by atoms with Crippen molar-refractivity contribution in [2.75, 3.05) is 26.7 Å². The lowest BCUT2D eigenvalue weighted by Gasteiger charge is -2.51. The molecule has 1 amide bonds. The smallest absolute Gasteiger partial charge is 0.257 e. The lowest BCUT2D eigenvalue weighted by atomic mass is 9.75. The fourth-order valence-corrected chi connectivity index (χ4v) is 5.61. The van der Waals surface area contributed by atoms with E-state index < -0.39 is 0 Å². The van der Waals surface area contributed by atoms with Gasteiger partial charge in [-0.15, -0.1) is 0 Å². The number of fused-ring (bicyclic) bond motifs is 2.